The number of aryl methyl sites for hydroxylation is 1. The van der Waals surface area contributed by atoms with Crippen LogP contribution in [0.25, 0.3) is 10.9 Å². The number of carboxylic acids is 1. The number of ether oxygens (including phenoxy) is 1. The smallest absolute Gasteiger partial charge is 0.335 e. The molecule has 1 amide bonds. The number of carbonyl (C=O) groups is 2. The molecule has 0 unspecified atom stereocenters. The van der Waals surface area contributed by atoms with E-state index in [1.54, 1.807) is 12.0 Å². The van der Waals surface area contributed by atoms with Crippen LogP contribution in [-0.2, 0) is 11.3 Å². The molecule has 7 nitrogen and oxygen atoms in total. The zero-order chi connectivity index (χ0) is 19.8. The first kappa shape index (κ1) is 19.2. The average molecular weight is 374 g/mol. The molecule has 0 saturated carbocycles. The first-order chi connectivity index (χ1) is 12.8. The van der Waals surface area contributed by atoms with Crippen molar-refractivity contribution in [3.63, 3.8) is 0 Å². The Morgan fingerprint density at radius 2 is 1.93 bits per heavy atom. The van der Waals surface area contributed by atoms with E-state index in [1.807, 2.05) is 25.1 Å². The van der Waals surface area contributed by atoms with Crippen LogP contribution in [0.4, 0.5) is 0 Å². The zero-order valence-corrected chi connectivity index (χ0v) is 16.0. The lowest BCUT2D eigenvalue weighted by Gasteiger charge is -2.35. The first-order valence-electron chi connectivity index (χ1n) is 9.24. The molecule has 1 saturated heterocycles. The molecule has 0 aliphatic carbocycles. The van der Waals surface area contributed by atoms with Gasteiger partial charge in [-0.05, 0) is 31.5 Å². The predicted octanol–water partition coefficient (Wildman–Crippen LogP) is 2.42. The molecule has 0 atom stereocenters. The summed E-state index contributed by atoms with van der Waals surface area (Å²) in [5.74, 6) is -0.674. The van der Waals surface area contributed by atoms with Gasteiger partial charge < -0.3 is 24.4 Å². The Bertz CT molecular complexity index is 878. The summed E-state index contributed by atoms with van der Waals surface area (Å²) in [7, 11) is 1.59. The highest BCUT2D eigenvalue weighted by atomic mass is 16.5. The topological polar surface area (TPSA) is 92.0 Å². The summed E-state index contributed by atoms with van der Waals surface area (Å²) in [5.41, 5.74) is 0.755. The Morgan fingerprint density at radius 3 is 2.48 bits per heavy atom. The maximum absolute atomic E-state index is 13.3. The monoisotopic (exact) mass is 374 g/mol. The number of aromatic nitrogens is 1. The van der Waals surface area contributed by atoms with Gasteiger partial charge in [-0.1, -0.05) is 6.92 Å². The molecule has 3 rings (SSSR count). The normalized spacial score (nSPS) is 16.5. The maximum Gasteiger partial charge on any atom is 0.335 e. The Morgan fingerprint density at radius 1 is 1.26 bits per heavy atom. The average Bonchev–Trinajstić information content (AvgIpc) is 2.93. The molecule has 0 radical (unpaired) electrons. The number of likely N-dealkylation sites (tertiary alicyclic amines) is 1. The van der Waals surface area contributed by atoms with Gasteiger partial charge in [0.2, 0.25) is 0 Å². The van der Waals surface area contributed by atoms with Gasteiger partial charge in [0.05, 0.1) is 12.7 Å². The fourth-order valence-electron chi connectivity index (χ4n) is 3.82. The molecule has 0 spiro atoms. The molecular formula is C20H26N2O5. The van der Waals surface area contributed by atoms with Gasteiger partial charge in [0, 0.05) is 49.1 Å². The van der Waals surface area contributed by atoms with E-state index < -0.39 is 11.6 Å². The minimum atomic E-state index is -1.74. The van der Waals surface area contributed by atoms with Crippen molar-refractivity contribution in [2.75, 3.05) is 20.2 Å². The molecule has 2 aromatic rings. The van der Waals surface area contributed by atoms with E-state index >= 15 is 0 Å². The molecule has 7 heteroatoms. The number of carboxylic acid groups (broad SMARTS) is 1. The molecule has 1 aliphatic heterocycles. The second kappa shape index (κ2) is 7.23. The van der Waals surface area contributed by atoms with Gasteiger partial charge in [0.25, 0.3) is 5.91 Å². The third kappa shape index (κ3) is 3.27. The lowest BCUT2D eigenvalue weighted by Crippen LogP contribution is -2.50. The molecule has 146 valence electrons. The van der Waals surface area contributed by atoms with E-state index in [2.05, 4.69) is 11.5 Å². The Balaban J connectivity index is 1.99. The highest BCUT2D eigenvalue weighted by molar-refractivity contribution is 6.09. The molecule has 1 aromatic heterocycles. The van der Waals surface area contributed by atoms with Crippen molar-refractivity contribution >= 4 is 22.8 Å². The number of rotatable bonds is 5. The van der Waals surface area contributed by atoms with Crippen LogP contribution in [0.3, 0.4) is 0 Å². The van der Waals surface area contributed by atoms with E-state index in [0.717, 1.165) is 29.6 Å². The van der Waals surface area contributed by atoms with E-state index in [9.17, 15) is 19.8 Å². The van der Waals surface area contributed by atoms with Crippen molar-refractivity contribution in [2.24, 2.45) is 0 Å². The highest BCUT2D eigenvalue weighted by Crippen LogP contribution is 2.32. The molecular weight excluding hydrogens is 348 g/mol. The van der Waals surface area contributed by atoms with Gasteiger partial charge in [-0.3, -0.25) is 4.79 Å². The number of aliphatic hydroxyl groups is 1. The molecule has 2 heterocycles. The van der Waals surface area contributed by atoms with Crippen molar-refractivity contribution in [3.8, 4) is 5.75 Å². The third-order valence-electron chi connectivity index (χ3n) is 5.47. The summed E-state index contributed by atoms with van der Waals surface area (Å²) in [6, 6.07) is 5.72. The zero-order valence-electron chi connectivity index (χ0n) is 16.0. The Hall–Kier alpha value is -2.54. The van der Waals surface area contributed by atoms with Crippen LogP contribution in [-0.4, -0.2) is 57.4 Å². The lowest BCUT2D eigenvalue weighted by molar-refractivity contribution is -0.162. The molecule has 27 heavy (non-hydrogen) atoms. The van der Waals surface area contributed by atoms with Crippen LogP contribution in [0.1, 0.15) is 42.2 Å². The Labute approximate surface area is 158 Å². The highest BCUT2D eigenvalue weighted by Gasteiger charge is 2.41. The molecule has 2 N–H and O–H groups in total. The summed E-state index contributed by atoms with van der Waals surface area (Å²) < 4.78 is 7.47. The third-order valence-corrected chi connectivity index (χ3v) is 5.47. The minimum absolute atomic E-state index is 0.0318. The number of benzene rings is 1. The van der Waals surface area contributed by atoms with Gasteiger partial charge in [-0.25, -0.2) is 4.79 Å². The Kier molecular flexibility index (Phi) is 5.15. The number of hydrogen-bond acceptors (Lipinski definition) is 4. The number of fused-ring (bicyclic) bond motifs is 1. The lowest BCUT2D eigenvalue weighted by atomic mass is 9.91. The maximum atomic E-state index is 13.3. The number of amides is 1. The quantitative estimate of drug-likeness (QED) is 0.839. The van der Waals surface area contributed by atoms with Crippen molar-refractivity contribution < 1.29 is 24.5 Å². The SMILES string of the molecule is CCCn1c(C)c(C(=O)N2CCC(O)(C(=O)O)CC2)c2cc(OC)ccc21. The summed E-state index contributed by atoms with van der Waals surface area (Å²) in [4.78, 5) is 26.1. The van der Waals surface area contributed by atoms with Gasteiger partial charge >= 0.3 is 5.97 Å². The van der Waals surface area contributed by atoms with Gasteiger partial charge in [-0.15, -0.1) is 0 Å². The summed E-state index contributed by atoms with van der Waals surface area (Å²) in [6.45, 7) is 5.26. The number of nitrogens with zero attached hydrogens (tertiary/aromatic N) is 2. The number of carbonyl (C=O) groups excluding carboxylic acids is 1. The number of hydrogen-bond donors (Lipinski definition) is 2. The van der Waals surface area contributed by atoms with E-state index in [-0.39, 0.29) is 31.8 Å². The second-order valence-electron chi connectivity index (χ2n) is 7.12. The van der Waals surface area contributed by atoms with Crippen LogP contribution in [0.2, 0.25) is 0 Å². The van der Waals surface area contributed by atoms with Crippen molar-refractivity contribution in [2.45, 2.75) is 45.3 Å². The fourth-order valence-corrected chi connectivity index (χ4v) is 3.82. The van der Waals surface area contributed by atoms with Crippen molar-refractivity contribution in [1.29, 1.82) is 0 Å². The van der Waals surface area contributed by atoms with Crippen molar-refractivity contribution in [1.82, 2.24) is 9.47 Å². The van der Waals surface area contributed by atoms with Crippen LogP contribution in [0, 0.1) is 6.92 Å². The number of aliphatic carboxylic acids is 1. The number of piperidine rings is 1. The van der Waals surface area contributed by atoms with E-state index in [4.69, 9.17) is 4.74 Å². The van der Waals surface area contributed by atoms with Gasteiger partial charge in [-0.2, -0.15) is 0 Å². The van der Waals surface area contributed by atoms with Gasteiger partial charge in [0.1, 0.15) is 5.75 Å². The molecule has 0 bridgehead atoms. The molecule has 1 aliphatic rings. The predicted molar refractivity (Wildman–Crippen MR) is 101 cm³/mol. The van der Waals surface area contributed by atoms with Crippen LogP contribution in [0.5, 0.6) is 5.75 Å². The summed E-state index contributed by atoms with van der Waals surface area (Å²) >= 11 is 0. The standard InChI is InChI=1S/C20H26N2O5/c1-4-9-22-13(2)17(15-12-14(27-3)5-6-16(15)22)18(23)21-10-7-20(26,8-11-21)19(24)25/h5-6,12,26H,4,7-11H2,1-3H3,(H,24,25). The first-order valence-corrected chi connectivity index (χ1v) is 9.24. The van der Waals surface area contributed by atoms with Gasteiger partial charge in [0.15, 0.2) is 5.60 Å². The van der Waals surface area contributed by atoms with Crippen LogP contribution >= 0.6 is 0 Å². The molecule has 1 aromatic carbocycles. The van der Waals surface area contributed by atoms with Crippen molar-refractivity contribution in [3.05, 3.63) is 29.5 Å². The van der Waals surface area contributed by atoms with E-state index in [1.165, 1.54) is 0 Å². The van der Waals surface area contributed by atoms with Crippen LogP contribution in [0.15, 0.2) is 18.2 Å². The second-order valence-corrected chi connectivity index (χ2v) is 7.12. The molecule has 1 fully saturated rings. The minimum Gasteiger partial charge on any atom is -0.497 e. The number of methoxy groups -OCH3 is 1. The summed E-state index contributed by atoms with van der Waals surface area (Å²) in [6.07, 6.45) is 1.01. The largest absolute Gasteiger partial charge is 0.497 e. The summed E-state index contributed by atoms with van der Waals surface area (Å²) in [5, 5.41) is 20.1. The van der Waals surface area contributed by atoms with E-state index in [0.29, 0.717) is 11.3 Å². The fraction of sp³-hybridized carbons (Fsp3) is 0.500. The van der Waals surface area contributed by atoms with Crippen LogP contribution < -0.4 is 4.74 Å².